The van der Waals surface area contributed by atoms with E-state index >= 15 is 0 Å². The molecule has 1 unspecified atom stereocenters. The largest absolute Gasteiger partial charge is 0.381 e. The van der Waals surface area contributed by atoms with Gasteiger partial charge in [0.15, 0.2) is 0 Å². The van der Waals surface area contributed by atoms with Crippen molar-refractivity contribution in [3.8, 4) is 0 Å². The van der Waals surface area contributed by atoms with Gasteiger partial charge in [-0.05, 0) is 55.7 Å². The molecule has 2 aliphatic rings. The third-order valence-corrected chi connectivity index (χ3v) is 4.74. The quantitative estimate of drug-likeness (QED) is 0.870. The van der Waals surface area contributed by atoms with E-state index in [1.54, 1.807) is 0 Å². The molecule has 1 atom stereocenters. The Labute approximate surface area is 119 Å². The van der Waals surface area contributed by atoms with Gasteiger partial charge in [0.1, 0.15) is 0 Å². The summed E-state index contributed by atoms with van der Waals surface area (Å²) in [5, 5.41) is 6.06. The van der Waals surface area contributed by atoms with Gasteiger partial charge in [-0.15, -0.1) is 0 Å². The minimum Gasteiger partial charge on any atom is -0.381 e. The Morgan fingerprint density at radius 2 is 2.10 bits per heavy atom. The second-order valence-corrected chi connectivity index (χ2v) is 6.03. The number of hydrogen-bond donors (Lipinski definition) is 2. The monoisotopic (exact) mass is 274 g/mol. The van der Waals surface area contributed by atoms with Crippen LogP contribution in [0.1, 0.15) is 31.2 Å². The number of amides is 2. The summed E-state index contributed by atoms with van der Waals surface area (Å²) in [6.07, 6.45) is 4.44. The van der Waals surface area contributed by atoms with Gasteiger partial charge in [0, 0.05) is 24.9 Å². The number of benzene rings is 1. The topological polar surface area (TPSA) is 50.4 Å². The number of carbonyl (C=O) groups is 1. The Morgan fingerprint density at radius 1 is 1.30 bits per heavy atom. The van der Waals surface area contributed by atoms with Gasteiger partial charge in [-0.2, -0.15) is 0 Å². The van der Waals surface area contributed by atoms with Crippen LogP contribution in [0.4, 0.5) is 10.5 Å². The van der Waals surface area contributed by atoms with Gasteiger partial charge in [0.05, 0.1) is 0 Å². The molecule has 0 aromatic heterocycles. The number of ether oxygens (including phenoxy) is 1. The molecule has 1 aromatic carbocycles. The molecular weight excluding hydrogens is 252 g/mol. The highest BCUT2D eigenvalue weighted by molar-refractivity contribution is 5.89. The maximum absolute atomic E-state index is 12.1. The van der Waals surface area contributed by atoms with Gasteiger partial charge in [0.2, 0.25) is 0 Å². The number of anilines is 1. The second-order valence-electron chi connectivity index (χ2n) is 6.03. The molecule has 3 rings (SSSR count). The molecule has 2 N–H and O–H groups in total. The van der Waals surface area contributed by atoms with Gasteiger partial charge < -0.3 is 15.4 Å². The first kappa shape index (κ1) is 13.4. The van der Waals surface area contributed by atoms with E-state index in [2.05, 4.69) is 10.6 Å². The Bertz CT molecular complexity index is 495. The Kier molecular flexibility index (Phi) is 3.66. The molecule has 2 amide bonds. The zero-order valence-electron chi connectivity index (χ0n) is 11.9. The fraction of sp³-hybridized carbons (Fsp3) is 0.562. The van der Waals surface area contributed by atoms with Crippen molar-refractivity contribution in [3.63, 3.8) is 0 Å². The van der Waals surface area contributed by atoms with Crippen molar-refractivity contribution in [2.24, 2.45) is 5.41 Å². The lowest BCUT2D eigenvalue weighted by atomic mass is 9.60. The van der Waals surface area contributed by atoms with Gasteiger partial charge >= 0.3 is 6.03 Å². The van der Waals surface area contributed by atoms with Crippen molar-refractivity contribution >= 4 is 11.7 Å². The fourth-order valence-electron chi connectivity index (χ4n) is 3.35. The van der Waals surface area contributed by atoms with Crippen LogP contribution in [0.25, 0.3) is 0 Å². The highest BCUT2D eigenvalue weighted by atomic mass is 16.5. The molecule has 0 radical (unpaired) electrons. The summed E-state index contributed by atoms with van der Waals surface area (Å²) < 4.78 is 5.43. The highest BCUT2D eigenvalue weighted by Gasteiger charge is 2.47. The van der Waals surface area contributed by atoms with E-state index in [9.17, 15) is 4.79 Å². The van der Waals surface area contributed by atoms with E-state index in [1.165, 1.54) is 6.42 Å². The van der Waals surface area contributed by atoms with Crippen LogP contribution in [0.15, 0.2) is 24.3 Å². The summed E-state index contributed by atoms with van der Waals surface area (Å²) in [5.41, 5.74) is 2.29. The molecule has 1 aliphatic heterocycles. The lowest BCUT2D eigenvalue weighted by Crippen LogP contribution is -2.57. The van der Waals surface area contributed by atoms with Gasteiger partial charge in [-0.3, -0.25) is 0 Å². The number of nitrogens with one attached hydrogen (secondary N) is 2. The zero-order chi connectivity index (χ0) is 14.0. The third-order valence-electron chi connectivity index (χ3n) is 4.74. The molecule has 1 aromatic rings. The molecule has 20 heavy (non-hydrogen) atoms. The first-order chi connectivity index (χ1) is 9.68. The summed E-state index contributed by atoms with van der Waals surface area (Å²) in [6.45, 7) is 3.68. The van der Waals surface area contributed by atoms with Crippen LogP contribution in [-0.4, -0.2) is 25.3 Å². The molecule has 2 fully saturated rings. The molecule has 4 heteroatoms. The van der Waals surface area contributed by atoms with Gasteiger partial charge in [-0.1, -0.05) is 12.1 Å². The zero-order valence-corrected chi connectivity index (χ0v) is 11.9. The SMILES string of the molecule is Cc1cccc(NC(=O)NC2CCC23CCOCC3)c1. The molecule has 1 aliphatic carbocycles. The summed E-state index contributed by atoms with van der Waals surface area (Å²) >= 11 is 0. The lowest BCUT2D eigenvalue weighted by molar-refractivity contribution is -0.0507. The molecule has 1 spiro atoms. The van der Waals surface area contributed by atoms with Crippen LogP contribution in [0, 0.1) is 12.3 Å². The first-order valence-electron chi connectivity index (χ1n) is 7.40. The summed E-state index contributed by atoms with van der Waals surface area (Å²) in [7, 11) is 0. The molecule has 0 bridgehead atoms. The van der Waals surface area contributed by atoms with Crippen molar-refractivity contribution in [2.45, 2.75) is 38.6 Å². The van der Waals surface area contributed by atoms with E-state index in [0.717, 1.165) is 43.7 Å². The minimum absolute atomic E-state index is 0.0915. The predicted octanol–water partition coefficient (Wildman–Crippen LogP) is 3.08. The van der Waals surface area contributed by atoms with E-state index in [0.29, 0.717) is 11.5 Å². The molecule has 1 saturated carbocycles. The molecule has 4 nitrogen and oxygen atoms in total. The highest BCUT2D eigenvalue weighted by Crippen LogP contribution is 2.48. The van der Waals surface area contributed by atoms with Crippen LogP contribution in [0.2, 0.25) is 0 Å². The van der Waals surface area contributed by atoms with Gasteiger partial charge in [-0.25, -0.2) is 4.79 Å². The summed E-state index contributed by atoms with van der Waals surface area (Å²) in [5.74, 6) is 0. The average molecular weight is 274 g/mol. The van der Waals surface area contributed by atoms with E-state index in [-0.39, 0.29) is 6.03 Å². The molecule has 1 saturated heterocycles. The Balaban J connectivity index is 1.56. The lowest BCUT2D eigenvalue weighted by Gasteiger charge is -2.51. The second kappa shape index (κ2) is 5.44. The normalized spacial score (nSPS) is 23.9. The molecular formula is C16H22N2O2. The smallest absolute Gasteiger partial charge is 0.319 e. The number of aryl methyl sites for hydroxylation is 1. The van der Waals surface area contributed by atoms with Crippen molar-refractivity contribution < 1.29 is 9.53 Å². The predicted molar refractivity (Wildman–Crippen MR) is 78.8 cm³/mol. The fourth-order valence-corrected chi connectivity index (χ4v) is 3.35. The molecule has 1 heterocycles. The standard InChI is InChI=1S/C16H22N2O2/c1-12-3-2-4-13(11-12)17-15(19)18-14-5-6-16(14)7-9-20-10-8-16/h2-4,11,14H,5-10H2,1H3,(H2,17,18,19). The van der Waals surface area contributed by atoms with Crippen LogP contribution in [0.3, 0.4) is 0 Å². The van der Waals surface area contributed by atoms with Gasteiger partial charge in [0.25, 0.3) is 0 Å². The Morgan fingerprint density at radius 3 is 2.75 bits per heavy atom. The van der Waals surface area contributed by atoms with Crippen molar-refractivity contribution in [3.05, 3.63) is 29.8 Å². The maximum Gasteiger partial charge on any atom is 0.319 e. The van der Waals surface area contributed by atoms with E-state index in [4.69, 9.17) is 4.74 Å². The first-order valence-corrected chi connectivity index (χ1v) is 7.40. The maximum atomic E-state index is 12.1. The van der Waals surface area contributed by atoms with Crippen LogP contribution < -0.4 is 10.6 Å². The van der Waals surface area contributed by atoms with Crippen LogP contribution >= 0.6 is 0 Å². The number of hydrogen-bond acceptors (Lipinski definition) is 2. The summed E-state index contributed by atoms with van der Waals surface area (Å²) in [6, 6.07) is 8.07. The van der Waals surface area contributed by atoms with E-state index in [1.807, 2.05) is 31.2 Å². The number of rotatable bonds is 2. The molecule has 108 valence electrons. The third kappa shape index (κ3) is 2.66. The van der Waals surface area contributed by atoms with E-state index < -0.39 is 0 Å². The van der Waals surface area contributed by atoms with Crippen LogP contribution in [0.5, 0.6) is 0 Å². The Hall–Kier alpha value is -1.55. The van der Waals surface area contributed by atoms with Crippen molar-refractivity contribution in [2.75, 3.05) is 18.5 Å². The van der Waals surface area contributed by atoms with Crippen molar-refractivity contribution in [1.29, 1.82) is 0 Å². The summed E-state index contributed by atoms with van der Waals surface area (Å²) in [4.78, 5) is 12.1. The van der Waals surface area contributed by atoms with Crippen molar-refractivity contribution in [1.82, 2.24) is 5.32 Å². The number of urea groups is 1. The number of carbonyl (C=O) groups excluding carboxylic acids is 1. The minimum atomic E-state index is -0.0915. The average Bonchev–Trinajstić information content (AvgIpc) is 2.45. The van der Waals surface area contributed by atoms with Crippen LogP contribution in [-0.2, 0) is 4.74 Å².